The fourth-order valence-electron chi connectivity index (χ4n) is 3.29. The summed E-state index contributed by atoms with van der Waals surface area (Å²) in [5.74, 6) is -0.275. The Kier molecular flexibility index (Phi) is 7.34. The molecular formula is C20H28O3. The van der Waals surface area contributed by atoms with Crippen molar-refractivity contribution < 1.29 is 14.6 Å². The summed E-state index contributed by atoms with van der Waals surface area (Å²) in [5.41, 5.74) is 0. The molecule has 2 unspecified atom stereocenters. The van der Waals surface area contributed by atoms with E-state index in [4.69, 9.17) is 4.74 Å². The van der Waals surface area contributed by atoms with Crippen LogP contribution in [0.5, 0.6) is 0 Å². The van der Waals surface area contributed by atoms with Gasteiger partial charge in [-0.05, 0) is 44.6 Å². The summed E-state index contributed by atoms with van der Waals surface area (Å²) < 4.78 is 5.36. The molecule has 0 radical (unpaired) electrons. The van der Waals surface area contributed by atoms with Crippen LogP contribution >= 0.6 is 0 Å². The highest BCUT2D eigenvalue weighted by atomic mass is 16.6. The molecule has 1 heterocycles. The molecule has 0 aromatic heterocycles. The highest BCUT2D eigenvalue weighted by Gasteiger charge is 2.50. The lowest BCUT2D eigenvalue weighted by molar-refractivity contribution is -0.143. The Balaban J connectivity index is 1.66. The number of hydrogen-bond donors (Lipinski definition) is 1. The molecule has 2 rings (SSSR count). The summed E-state index contributed by atoms with van der Waals surface area (Å²) >= 11 is 0. The SMILES string of the molecule is CC/C=C\C/C=C\C/C=C\C/C=C\[C@H]1OC(=O)C2CC[C@H](O)C21. The van der Waals surface area contributed by atoms with Gasteiger partial charge in [-0.3, -0.25) is 4.79 Å². The van der Waals surface area contributed by atoms with Gasteiger partial charge < -0.3 is 9.84 Å². The van der Waals surface area contributed by atoms with E-state index in [9.17, 15) is 9.90 Å². The second kappa shape index (κ2) is 9.51. The molecule has 1 saturated heterocycles. The second-order valence-electron chi connectivity index (χ2n) is 6.19. The Bertz CT molecular complexity index is 487. The maximum absolute atomic E-state index is 11.7. The van der Waals surface area contributed by atoms with Crippen molar-refractivity contribution in [2.75, 3.05) is 0 Å². The molecule has 23 heavy (non-hydrogen) atoms. The highest BCUT2D eigenvalue weighted by Crippen LogP contribution is 2.42. The van der Waals surface area contributed by atoms with Gasteiger partial charge in [0, 0.05) is 5.92 Å². The monoisotopic (exact) mass is 316 g/mol. The van der Waals surface area contributed by atoms with Gasteiger partial charge in [-0.1, -0.05) is 49.5 Å². The lowest BCUT2D eigenvalue weighted by Gasteiger charge is -2.15. The highest BCUT2D eigenvalue weighted by molar-refractivity contribution is 5.76. The predicted molar refractivity (Wildman–Crippen MR) is 92.8 cm³/mol. The van der Waals surface area contributed by atoms with E-state index in [1.165, 1.54) is 0 Å². The summed E-state index contributed by atoms with van der Waals surface area (Å²) in [5, 5.41) is 9.97. The van der Waals surface area contributed by atoms with Gasteiger partial charge >= 0.3 is 5.97 Å². The van der Waals surface area contributed by atoms with E-state index < -0.39 is 6.10 Å². The number of aliphatic hydroxyl groups excluding tert-OH is 1. The number of ether oxygens (including phenoxy) is 1. The zero-order valence-corrected chi connectivity index (χ0v) is 13.9. The Morgan fingerprint density at radius 3 is 2.26 bits per heavy atom. The third-order valence-corrected chi connectivity index (χ3v) is 4.49. The van der Waals surface area contributed by atoms with E-state index in [0.29, 0.717) is 6.42 Å². The standard InChI is InChI=1S/C20H28O3/c1-2-3-4-5-6-7-8-9-10-11-12-13-18-19-16(20(22)23-18)14-15-17(19)21/h3-4,6-7,9-10,12-13,16-19,21H,2,5,8,11,14-15H2,1H3/b4-3-,7-6-,10-9-,13-12-/t16?,17-,18+,19?/m0/s1. The second-order valence-corrected chi connectivity index (χ2v) is 6.19. The number of cyclic esters (lactones) is 1. The maximum Gasteiger partial charge on any atom is 0.310 e. The van der Waals surface area contributed by atoms with Gasteiger partial charge in [0.2, 0.25) is 0 Å². The predicted octanol–water partition coefficient (Wildman–Crippen LogP) is 4.10. The van der Waals surface area contributed by atoms with E-state index >= 15 is 0 Å². The van der Waals surface area contributed by atoms with Crippen molar-refractivity contribution in [3.63, 3.8) is 0 Å². The summed E-state index contributed by atoms with van der Waals surface area (Å²) in [4.78, 5) is 11.7. The zero-order chi connectivity index (χ0) is 16.5. The van der Waals surface area contributed by atoms with Crippen LogP contribution in [0, 0.1) is 11.8 Å². The van der Waals surface area contributed by atoms with Crippen LogP contribution < -0.4 is 0 Å². The maximum atomic E-state index is 11.7. The smallest absolute Gasteiger partial charge is 0.310 e. The number of carbonyl (C=O) groups excluding carboxylic acids is 1. The number of rotatable bonds is 8. The summed E-state index contributed by atoms with van der Waals surface area (Å²) in [7, 11) is 0. The average Bonchev–Trinajstić information content (AvgIpc) is 3.07. The minimum absolute atomic E-state index is 0.0400. The largest absolute Gasteiger partial charge is 0.457 e. The lowest BCUT2D eigenvalue weighted by Crippen LogP contribution is -2.25. The number of carbonyl (C=O) groups is 1. The van der Waals surface area contributed by atoms with Crippen LogP contribution in [-0.4, -0.2) is 23.3 Å². The zero-order valence-electron chi connectivity index (χ0n) is 13.9. The van der Waals surface area contributed by atoms with Crippen molar-refractivity contribution in [1.82, 2.24) is 0 Å². The Hall–Kier alpha value is -1.61. The normalized spacial score (nSPS) is 31.1. The molecule has 0 spiro atoms. The molecule has 3 nitrogen and oxygen atoms in total. The summed E-state index contributed by atoms with van der Waals surface area (Å²) in [6.07, 6.45) is 21.6. The van der Waals surface area contributed by atoms with Gasteiger partial charge in [-0.15, -0.1) is 0 Å². The van der Waals surface area contributed by atoms with Gasteiger partial charge in [0.05, 0.1) is 12.0 Å². The van der Waals surface area contributed by atoms with Gasteiger partial charge in [0.25, 0.3) is 0 Å². The number of aliphatic hydroxyl groups is 1. The third-order valence-electron chi connectivity index (χ3n) is 4.49. The molecule has 0 amide bonds. The molecule has 1 saturated carbocycles. The van der Waals surface area contributed by atoms with Gasteiger partial charge in [0.1, 0.15) is 6.10 Å². The molecule has 2 aliphatic rings. The number of fused-ring (bicyclic) bond motifs is 1. The van der Waals surface area contributed by atoms with Crippen molar-refractivity contribution in [2.24, 2.45) is 11.8 Å². The van der Waals surface area contributed by atoms with Crippen LogP contribution in [0.25, 0.3) is 0 Å². The fraction of sp³-hybridized carbons (Fsp3) is 0.550. The van der Waals surface area contributed by atoms with Crippen molar-refractivity contribution in [3.8, 4) is 0 Å². The molecule has 3 heteroatoms. The molecule has 2 fully saturated rings. The molecule has 1 aliphatic carbocycles. The number of esters is 1. The molecule has 1 aliphatic heterocycles. The van der Waals surface area contributed by atoms with Crippen LogP contribution in [0.1, 0.15) is 45.4 Å². The summed E-state index contributed by atoms with van der Waals surface area (Å²) in [6, 6.07) is 0. The molecule has 126 valence electrons. The quantitative estimate of drug-likeness (QED) is 0.541. The van der Waals surface area contributed by atoms with Gasteiger partial charge in [-0.2, -0.15) is 0 Å². The lowest BCUT2D eigenvalue weighted by atomic mass is 9.92. The first-order valence-electron chi connectivity index (χ1n) is 8.74. The van der Waals surface area contributed by atoms with E-state index in [0.717, 1.165) is 32.1 Å². The first kappa shape index (κ1) is 17.7. The first-order valence-corrected chi connectivity index (χ1v) is 8.74. The minimum atomic E-state index is -0.400. The molecule has 4 atom stereocenters. The van der Waals surface area contributed by atoms with Gasteiger partial charge in [-0.25, -0.2) is 0 Å². The Labute approximate surface area is 139 Å². The van der Waals surface area contributed by atoms with Crippen LogP contribution in [0.3, 0.4) is 0 Å². The molecule has 0 aromatic rings. The molecule has 0 bridgehead atoms. The van der Waals surface area contributed by atoms with Crippen LogP contribution in [0.15, 0.2) is 48.6 Å². The molecule has 1 N–H and O–H groups in total. The van der Waals surface area contributed by atoms with Gasteiger partial charge in [0.15, 0.2) is 0 Å². The van der Waals surface area contributed by atoms with Crippen molar-refractivity contribution >= 4 is 5.97 Å². The Morgan fingerprint density at radius 1 is 1.00 bits per heavy atom. The topological polar surface area (TPSA) is 46.5 Å². The van der Waals surface area contributed by atoms with Crippen molar-refractivity contribution in [2.45, 2.75) is 57.7 Å². The first-order chi connectivity index (χ1) is 11.2. The fourth-order valence-corrected chi connectivity index (χ4v) is 3.29. The van der Waals surface area contributed by atoms with Crippen LogP contribution in [0.4, 0.5) is 0 Å². The average molecular weight is 316 g/mol. The van der Waals surface area contributed by atoms with E-state index in [2.05, 4.69) is 43.4 Å². The van der Waals surface area contributed by atoms with Crippen molar-refractivity contribution in [1.29, 1.82) is 0 Å². The third kappa shape index (κ3) is 5.21. The van der Waals surface area contributed by atoms with E-state index in [-0.39, 0.29) is 23.9 Å². The minimum Gasteiger partial charge on any atom is -0.457 e. The van der Waals surface area contributed by atoms with Crippen molar-refractivity contribution in [3.05, 3.63) is 48.6 Å². The molecule has 0 aromatic carbocycles. The number of allylic oxidation sites excluding steroid dienone is 7. The molecular weight excluding hydrogens is 288 g/mol. The number of hydrogen-bond acceptors (Lipinski definition) is 3. The van der Waals surface area contributed by atoms with E-state index in [1.807, 2.05) is 12.2 Å². The van der Waals surface area contributed by atoms with E-state index in [1.54, 1.807) is 0 Å². The van der Waals surface area contributed by atoms with Crippen LogP contribution in [-0.2, 0) is 9.53 Å². The van der Waals surface area contributed by atoms with Crippen LogP contribution in [0.2, 0.25) is 0 Å². The summed E-state index contributed by atoms with van der Waals surface area (Å²) in [6.45, 7) is 2.14. The Morgan fingerprint density at radius 2 is 1.61 bits per heavy atom.